The minimum atomic E-state index is -0.200. The Hall–Kier alpha value is -1.69. The van der Waals surface area contributed by atoms with Gasteiger partial charge in [0.2, 0.25) is 0 Å². The van der Waals surface area contributed by atoms with E-state index >= 15 is 0 Å². The summed E-state index contributed by atoms with van der Waals surface area (Å²) in [5.41, 5.74) is 2.12. The summed E-state index contributed by atoms with van der Waals surface area (Å²) in [7, 11) is 0. The number of ether oxygens (including phenoxy) is 2. The van der Waals surface area contributed by atoms with Crippen LogP contribution in [0, 0.1) is 0 Å². The van der Waals surface area contributed by atoms with E-state index in [9.17, 15) is 4.79 Å². The van der Waals surface area contributed by atoms with Crippen LogP contribution in [0.2, 0.25) is 0 Å². The molecule has 4 nitrogen and oxygen atoms in total. The van der Waals surface area contributed by atoms with Gasteiger partial charge < -0.3 is 9.47 Å². The second-order valence-electron chi connectivity index (χ2n) is 5.80. The molecule has 1 aliphatic rings. The number of hydrogen-bond donors (Lipinski definition) is 0. The van der Waals surface area contributed by atoms with Gasteiger partial charge in [0, 0.05) is 17.6 Å². The molecule has 0 radical (unpaired) electrons. The van der Waals surface area contributed by atoms with Crippen molar-refractivity contribution >= 4 is 21.9 Å². The summed E-state index contributed by atoms with van der Waals surface area (Å²) in [5.74, 6) is -0.200. The van der Waals surface area contributed by atoms with Crippen LogP contribution < -0.4 is 0 Å². The van der Waals surface area contributed by atoms with Crippen molar-refractivity contribution in [2.45, 2.75) is 12.7 Å². The zero-order valence-corrected chi connectivity index (χ0v) is 14.9. The number of carbonyl (C=O) groups is 1. The average molecular weight is 390 g/mol. The molecule has 0 N–H and O–H groups in total. The summed E-state index contributed by atoms with van der Waals surface area (Å²) in [6.07, 6.45) is -0.0156. The smallest absolute Gasteiger partial charge is 0.320 e. The van der Waals surface area contributed by atoms with Crippen molar-refractivity contribution < 1.29 is 14.3 Å². The molecule has 0 bridgehead atoms. The first-order valence-corrected chi connectivity index (χ1v) is 8.79. The topological polar surface area (TPSA) is 38.8 Å². The first-order chi connectivity index (χ1) is 11.7. The number of morpholine rings is 1. The lowest BCUT2D eigenvalue weighted by Crippen LogP contribution is -2.41. The molecule has 3 rings (SSSR count). The van der Waals surface area contributed by atoms with Crippen molar-refractivity contribution in [2.75, 3.05) is 26.2 Å². The maximum Gasteiger partial charge on any atom is 0.320 e. The quantitative estimate of drug-likeness (QED) is 0.732. The number of rotatable bonds is 5. The Morgan fingerprint density at radius 2 is 2.04 bits per heavy atom. The molecule has 0 aliphatic carbocycles. The van der Waals surface area contributed by atoms with E-state index in [1.807, 2.05) is 48.5 Å². The molecule has 0 aromatic heterocycles. The summed E-state index contributed by atoms with van der Waals surface area (Å²) >= 11 is 3.48. The largest absolute Gasteiger partial charge is 0.460 e. The van der Waals surface area contributed by atoms with Gasteiger partial charge in [-0.05, 0) is 23.3 Å². The van der Waals surface area contributed by atoms with E-state index in [2.05, 4.69) is 26.9 Å². The zero-order valence-electron chi connectivity index (χ0n) is 13.4. The molecule has 126 valence electrons. The molecule has 1 fully saturated rings. The molecule has 5 heteroatoms. The number of nitrogens with zero attached hydrogens (tertiary/aromatic N) is 1. The van der Waals surface area contributed by atoms with Crippen LogP contribution in [-0.4, -0.2) is 37.1 Å². The van der Waals surface area contributed by atoms with E-state index in [4.69, 9.17) is 9.47 Å². The van der Waals surface area contributed by atoms with E-state index in [0.29, 0.717) is 26.3 Å². The summed E-state index contributed by atoms with van der Waals surface area (Å²) in [6, 6.07) is 17.8. The fourth-order valence-electron chi connectivity index (χ4n) is 2.72. The minimum absolute atomic E-state index is 0.0156. The molecule has 1 saturated heterocycles. The Balaban J connectivity index is 1.50. The Labute approximate surface area is 150 Å². The lowest BCUT2D eigenvalue weighted by molar-refractivity contribution is -0.148. The molecular formula is C19H20BrNO3. The van der Waals surface area contributed by atoms with E-state index in [-0.39, 0.29) is 12.1 Å². The van der Waals surface area contributed by atoms with E-state index < -0.39 is 0 Å². The molecule has 1 heterocycles. The lowest BCUT2D eigenvalue weighted by Gasteiger charge is -2.32. The molecule has 0 amide bonds. The average Bonchev–Trinajstić information content (AvgIpc) is 2.61. The molecule has 2 aromatic rings. The van der Waals surface area contributed by atoms with Gasteiger partial charge in [0.05, 0.1) is 19.3 Å². The van der Waals surface area contributed by atoms with Gasteiger partial charge in [-0.15, -0.1) is 0 Å². The first-order valence-electron chi connectivity index (χ1n) is 8.00. The van der Waals surface area contributed by atoms with Crippen molar-refractivity contribution in [3.8, 4) is 0 Å². The number of hydrogen-bond acceptors (Lipinski definition) is 4. The van der Waals surface area contributed by atoms with Crippen LogP contribution in [0.3, 0.4) is 0 Å². The number of carbonyl (C=O) groups excluding carboxylic acids is 1. The molecule has 0 saturated carbocycles. The summed E-state index contributed by atoms with van der Waals surface area (Å²) in [6.45, 7) is 2.66. The van der Waals surface area contributed by atoms with Crippen molar-refractivity contribution in [2.24, 2.45) is 0 Å². The summed E-state index contributed by atoms with van der Waals surface area (Å²) in [5, 5.41) is 0. The van der Waals surface area contributed by atoms with Crippen molar-refractivity contribution in [1.82, 2.24) is 4.90 Å². The van der Waals surface area contributed by atoms with Crippen molar-refractivity contribution in [3.05, 3.63) is 70.2 Å². The maximum absolute atomic E-state index is 12.1. The predicted molar refractivity (Wildman–Crippen MR) is 95.5 cm³/mol. The minimum Gasteiger partial charge on any atom is -0.460 e. The molecule has 24 heavy (non-hydrogen) atoms. The predicted octanol–water partition coefficient (Wildman–Crippen LogP) is 3.57. The van der Waals surface area contributed by atoms with Gasteiger partial charge in [-0.2, -0.15) is 0 Å². The molecular weight excluding hydrogens is 370 g/mol. The Morgan fingerprint density at radius 1 is 1.21 bits per heavy atom. The van der Waals surface area contributed by atoms with Crippen LogP contribution in [0.4, 0.5) is 0 Å². The number of halogens is 1. The van der Waals surface area contributed by atoms with Crippen LogP contribution in [-0.2, 0) is 20.9 Å². The van der Waals surface area contributed by atoms with Crippen LogP contribution in [0.1, 0.15) is 17.2 Å². The third kappa shape index (κ3) is 4.90. The monoisotopic (exact) mass is 389 g/mol. The zero-order chi connectivity index (χ0) is 16.8. The molecule has 0 spiro atoms. The van der Waals surface area contributed by atoms with Gasteiger partial charge in [-0.25, -0.2) is 0 Å². The molecule has 1 aliphatic heterocycles. The standard InChI is InChI=1S/C19H20BrNO3/c20-17-8-4-7-16(11-17)18-12-21(9-10-23-18)13-19(22)24-14-15-5-2-1-3-6-15/h1-8,11,18H,9-10,12-14H2. The lowest BCUT2D eigenvalue weighted by atomic mass is 10.1. The van der Waals surface area contributed by atoms with E-state index in [0.717, 1.165) is 22.1 Å². The second-order valence-corrected chi connectivity index (χ2v) is 6.71. The Morgan fingerprint density at radius 3 is 2.83 bits per heavy atom. The normalized spacial score (nSPS) is 18.3. The van der Waals surface area contributed by atoms with Crippen molar-refractivity contribution in [1.29, 1.82) is 0 Å². The summed E-state index contributed by atoms with van der Waals surface area (Å²) in [4.78, 5) is 14.2. The fourth-order valence-corrected chi connectivity index (χ4v) is 3.14. The van der Waals surface area contributed by atoms with Gasteiger partial charge in [0.25, 0.3) is 0 Å². The van der Waals surface area contributed by atoms with E-state index in [1.165, 1.54) is 0 Å². The Bertz CT molecular complexity index is 677. The highest BCUT2D eigenvalue weighted by Gasteiger charge is 2.24. The van der Waals surface area contributed by atoms with Gasteiger partial charge in [-0.3, -0.25) is 9.69 Å². The van der Waals surface area contributed by atoms with Gasteiger partial charge in [-0.1, -0.05) is 58.4 Å². The van der Waals surface area contributed by atoms with Gasteiger partial charge in [0.15, 0.2) is 0 Å². The second kappa shape index (κ2) is 8.42. The Kier molecular flexibility index (Phi) is 6.01. The van der Waals surface area contributed by atoms with Crippen LogP contribution in [0.5, 0.6) is 0 Å². The van der Waals surface area contributed by atoms with Crippen LogP contribution in [0.15, 0.2) is 59.1 Å². The molecule has 1 unspecified atom stereocenters. The van der Waals surface area contributed by atoms with Crippen LogP contribution >= 0.6 is 15.9 Å². The van der Waals surface area contributed by atoms with Gasteiger partial charge >= 0.3 is 5.97 Å². The maximum atomic E-state index is 12.1. The number of benzene rings is 2. The SMILES string of the molecule is O=C(CN1CCOC(c2cccc(Br)c2)C1)OCc1ccccc1. The molecule has 1 atom stereocenters. The number of esters is 1. The van der Waals surface area contributed by atoms with Crippen molar-refractivity contribution in [3.63, 3.8) is 0 Å². The third-order valence-electron chi connectivity index (χ3n) is 3.97. The highest BCUT2D eigenvalue weighted by molar-refractivity contribution is 9.10. The van der Waals surface area contributed by atoms with E-state index in [1.54, 1.807) is 0 Å². The fraction of sp³-hybridized carbons (Fsp3) is 0.316. The molecule has 2 aromatic carbocycles. The first kappa shape index (κ1) is 17.1. The third-order valence-corrected chi connectivity index (χ3v) is 4.46. The highest BCUT2D eigenvalue weighted by atomic mass is 79.9. The van der Waals surface area contributed by atoms with Crippen LogP contribution in [0.25, 0.3) is 0 Å². The van der Waals surface area contributed by atoms with Gasteiger partial charge in [0.1, 0.15) is 6.61 Å². The summed E-state index contributed by atoms with van der Waals surface area (Å²) < 4.78 is 12.2. The highest BCUT2D eigenvalue weighted by Crippen LogP contribution is 2.24.